The lowest BCUT2D eigenvalue weighted by Crippen LogP contribution is -2.46. The van der Waals surface area contributed by atoms with Gasteiger partial charge >= 0.3 is 0 Å². The molecule has 0 aromatic rings. The summed E-state index contributed by atoms with van der Waals surface area (Å²) in [7, 11) is 4.43. The van der Waals surface area contributed by atoms with Gasteiger partial charge in [-0.25, -0.2) is 0 Å². The van der Waals surface area contributed by atoms with Crippen molar-refractivity contribution in [2.24, 2.45) is 5.41 Å². The molecule has 0 aromatic carbocycles. The Hall–Kier alpha value is -0.590. The van der Waals surface area contributed by atoms with Gasteiger partial charge in [-0.15, -0.1) is 0 Å². The van der Waals surface area contributed by atoms with E-state index >= 15 is 0 Å². The monoisotopic (exact) mass is 249 g/mol. The molecule has 0 bridgehead atoms. The molecule has 0 atom stereocenters. The molecule has 2 rings (SSSR count). The van der Waals surface area contributed by atoms with Gasteiger partial charge in [-0.2, -0.15) is 5.26 Å². The number of nitrogens with zero attached hydrogens (tertiary/aromatic N) is 3. The molecule has 0 spiro atoms. The molecule has 0 aromatic heterocycles. The lowest BCUT2D eigenvalue weighted by Gasteiger charge is -2.40. The first kappa shape index (κ1) is 13.8. The molecule has 1 heterocycles. The number of hydrogen-bond donors (Lipinski definition) is 0. The molecule has 3 nitrogen and oxygen atoms in total. The predicted octanol–water partition coefficient (Wildman–Crippen LogP) is 2.49. The highest BCUT2D eigenvalue weighted by atomic mass is 15.2. The van der Waals surface area contributed by atoms with Gasteiger partial charge in [0.05, 0.1) is 11.5 Å². The predicted molar refractivity (Wildman–Crippen MR) is 74.3 cm³/mol. The van der Waals surface area contributed by atoms with Gasteiger partial charge < -0.3 is 9.80 Å². The van der Waals surface area contributed by atoms with Gasteiger partial charge in [0.1, 0.15) is 0 Å². The first-order chi connectivity index (χ1) is 8.65. The summed E-state index contributed by atoms with van der Waals surface area (Å²) in [5.41, 5.74) is -0.0453. The van der Waals surface area contributed by atoms with Crippen molar-refractivity contribution >= 4 is 0 Å². The van der Waals surface area contributed by atoms with Gasteiger partial charge in [0.15, 0.2) is 0 Å². The third-order valence-corrected chi connectivity index (χ3v) is 4.91. The summed E-state index contributed by atoms with van der Waals surface area (Å²) in [4.78, 5) is 4.88. The highest BCUT2D eigenvalue weighted by Gasteiger charge is 2.35. The van der Waals surface area contributed by atoms with Gasteiger partial charge in [0.25, 0.3) is 0 Å². The van der Waals surface area contributed by atoms with Crippen molar-refractivity contribution in [1.82, 2.24) is 9.80 Å². The van der Waals surface area contributed by atoms with E-state index in [-0.39, 0.29) is 5.41 Å². The molecule has 0 N–H and O–H groups in total. The first-order valence-corrected chi connectivity index (χ1v) is 7.45. The molecule has 0 unspecified atom stereocenters. The van der Waals surface area contributed by atoms with Crippen LogP contribution in [0.15, 0.2) is 0 Å². The van der Waals surface area contributed by atoms with Crippen molar-refractivity contribution in [3.05, 3.63) is 0 Å². The Kier molecular flexibility index (Phi) is 4.64. The van der Waals surface area contributed by atoms with Crippen LogP contribution < -0.4 is 0 Å². The number of likely N-dealkylation sites (tertiary alicyclic amines) is 1. The van der Waals surface area contributed by atoms with Crippen LogP contribution >= 0.6 is 0 Å². The van der Waals surface area contributed by atoms with Crippen LogP contribution in [-0.2, 0) is 0 Å². The minimum Gasteiger partial charge on any atom is -0.306 e. The molecule has 1 aliphatic heterocycles. The second-order valence-corrected chi connectivity index (χ2v) is 6.40. The zero-order valence-electron chi connectivity index (χ0n) is 12.0. The maximum absolute atomic E-state index is 9.55. The van der Waals surface area contributed by atoms with Crippen LogP contribution in [0, 0.1) is 16.7 Å². The maximum atomic E-state index is 9.55. The van der Waals surface area contributed by atoms with Gasteiger partial charge in [0, 0.05) is 12.6 Å². The Morgan fingerprint density at radius 3 is 2.39 bits per heavy atom. The van der Waals surface area contributed by atoms with Gasteiger partial charge in [-0.1, -0.05) is 19.3 Å². The molecule has 3 heteroatoms. The fourth-order valence-corrected chi connectivity index (χ4v) is 3.58. The number of hydrogen-bond acceptors (Lipinski definition) is 3. The van der Waals surface area contributed by atoms with Crippen LogP contribution in [0.5, 0.6) is 0 Å². The molecule has 1 saturated heterocycles. The highest BCUT2D eigenvalue weighted by molar-refractivity contribution is 5.02. The normalized spacial score (nSPS) is 26.1. The first-order valence-electron chi connectivity index (χ1n) is 7.45. The van der Waals surface area contributed by atoms with Gasteiger partial charge in [-0.05, 0) is 52.9 Å². The van der Waals surface area contributed by atoms with E-state index in [4.69, 9.17) is 0 Å². The molecule has 2 aliphatic rings. The Balaban J connectivity index is 1.89. The fraction of sp³-hybridized carbons (Fsp3) is 0.933. The summed E-state index contributed by atoms with van der Waals surface area (Å²) in [6.07, 6.45) is 8.55. The Morgan fingerprint density at radius 1 is 1.22 bits per heavy atom. The van der Waals surface area contributed by atoms with Crippen molar-refractivity contribution in [1.29, 1.82) is 5.26 Å². The smallest absolute Gasteiger partial charge is 0.0703 e. The molecule has 1 saturated carbocycles. The van der Waals surface area contributed by atoms with E-state index in [0.29, 0.717) is 6.04 Å². The van der Waals surface area contributed by atoms with Crippen molar-refractivity contribution in [2.45, 2.75) is 51.0 Å². The molecule has 0 amide bonds. The Morgan fingerprint density at radius 2 is 1.83 bits per heavy atom. The molecule has 0 radical (unpaired) electrons. The quantitative estimate of drug-likeness (QED) is 0.770. The molecule has 18 heavy (non-hydrogen) atoms. The highest BCUT2D eigenvalue weighted by Crippen LogP contribution is 2.37. The molecule has 2 fully saturated rings. The average Bonchev–Trinajstić information content (AvgIpc) is 2.40. The Bertz CT molecular complexity index is 293. The SMILES string of the molecule is CN1CCC(N(C)CC2(C#N)CCCCC2)CC1. The minimum atomic E-state index is -0.0453. The average molecular weight is 249 g/mol. The zero-order chi connectivity index (χ0) is 13.0. The second kappa shape index (κ2) is 6.04. The summed E-state index contributed by atoms with van der Waals surface area (Å²) in [6, 6.07) is 3.33. The van der Waals surface area contributed by atoms with E-state index in [2.05, 4.69) is 30.0 Å². The molecular weight excluding hydrogens is 222 g/mol. The molecule has 102 valence electrons. The van der Waals surface area contributed by atoms with Gasteiger partial charge in [-0.3, -0.25) is 0 Å². The topological polar surface area (TPSA) is 30.3 Å². The third kappa shape index (κ3) is 3.24. The van der Waals surface area contributed by atoms with Crippen LogP contribution in [0.1, 0.15) is 44.9 Å². The van der Waals surface area contributed by atoms with Crippen molar-refractivity contribution < 1.29 is 0 Å². The van der Waals surface area contributed by atoms with Crippen LogP contribution in [0.25, 0.3) is 0 Å². The number of rotatable bonds is 3. The van der Waals surface area contributed by atoms with E-state index in [1.165, 1.54) is 45.2 Å². The second-order valence-electron chi connectivity index (χ2n) is 6.40. The summed E-state index contributed by atoms with van der Waals surface area (Å²) >= 11 is 0. The zero-order valence-corrected chi connectivity index (χ0v) is 12.0. The standard InChI is InChI=1S/C15H27N3/c1-17-10-6-14(7-11-17)18(2)13-15(12-16)8-4-3-5-9-15/h14H,3-11,13H2,1-2H3. The largest absolute Gasteiger partial charge is 0.306 e. The van der Waals surface area contributed by atoms with Gasteiger partial charge in [0.2, 0.25) is 0 Å². The van der Waals surface area contributed by atoms with E-state index in [1.807, 2.05) is 0 Å². The van der Waals surface area contributed by atoms with Crippen LogP contribution in [0.2, 0.25) is 0 Å². The van der Waals surface area contributed by atoms with Crippen LogP contribution in [0.4, 0.5) is 0 Å². The lowest BCUT2D eigenvalue weighted by molar-refractivity contribution is 0.0971. The number of nitriles is 1. The van der Waals surface area contributed by atoms with E-state index in [0.717, 1.165) is 19.4 Å². The van der Waals surface area contributed by atoms with E-state index in [9.17, 15) is 5.26 Å². The minimum absolute atomic E-state index is 0.0453. The van der Waals surface area contributed by atoms with Crippen LogP contribution in [-0.4, -0.2) is 49.6 Å². The molecule has 1 aliphatic carbocycles. The summed E-state index contributed by atoms with van der Waals surface area (Å²) in [5, 5.41) is 9.55. The lowest BCUT2D eigenvalue weighted by atomic mass is 9.74. The van der Waals surface area contributed by atoms with E-state index in [1.54, 1.807) is 0 Å². The maximum Gasteiger partial charge on any atom is 0.0703 e. The fourth-order valence-electron chi connectivity index (χ4n) is 3.58. The van der Waals surface area contributed by atoms with Crippen LogP contribution in [0.3, 0.4) is 0 Å². The summed E-state index contributed by atoms with van der Waals surface area (Å²) in [5.74, 6) is 0. The Labute approximate surface area is 112 Å². The third-order valence-electron chi connectivity index (χ3n) is 4.91. The van der Waals surface area contributed by atoms with Crippen molar-refractivity contribution in [3.63, 3.8) is 0 Å². The summed E-state index contributed by atoms with van der Waals surface area (Å²) in [6.45, 7) is 3.39. The summed E-state index contributed by atoms with van der Waals surface area (Å²) < 4.78 is 0. The van der Waals surface area contributed by atoms with Crippen molar-refractivity contribution in [2.75, 3.05) is 33.7 Å². The van der Waals surface area contributed by atoms with E-state index < -0.39 is 0 Å². The number of piperidine rings is 1. The molecular formula is C15H27N3. The van der Waals surface area contributed by atoms with Crippen molar-refractivity contribution in [3.8, 4) is 6.07 Å².